The van der Waals surface area contributed by atoms with Crippen molar-refractivity contribution in [3.05, 3.63) is 41.4 Å². The highest BCUT2D eigenvalue weighted by Gasteiger charge is 2.07. The van der Waals surface area contributed by atoms with Crippen molar-refractivity contribution in [2.45, 2.75) is 6.10 Å². The van der Waals surface area contributed by atoms with Crippen molar-refractivity contribution in [2.75, 3.05) is 13.2 Å². The molecule has 17 heavy (non-hydrogen) atoms. The van der Waals surface area contributed by atoms with Gasteiger partial charge in [0.25, 0.3) is 0 Å². The summed E-state index contributed by atoms with van der Waals surface area (Å²) in [4.78, 5) is 0. The van der Waals surface area contributed by atoms with Crippen LogP contribution >= 0.6 is 11.6 Å². The molecule has 0 heterocycles. The summed E-state index contributed by atoms with van der Waals surface area (Å²) in [6.07, 6.45) is -0.871. The van der Waals surface area contributed by atoms with Crippen LogP contribution < -0.4 is 4.74 Å². The van der Waals surface area contributed by atoms with Gasteiger partial charge < -0.3 is 14.9 Å². The number of ether oxygens (including phenoxy) is 1. The second-order valence-corrected chi connectivity index (χ2v) is 4.15. The summed E-state index contributed by atoms with van der Waals surface area (Å²) in [6, 6.07) is 11.1. The molecule has 0 fully saturated rings. The minimum Gasteiger partial charge on any atom is -0.490 e. The zero-order valence-electron chi connectivity index (χ0n) is 9.14. The maximum Gasteiger partial charge on any atom is 0.127 e. The standard InChI is InChI=1S/C13H13ClO3/c14-12-5-6-13(17-8-9(16)7-15)11-4-2-1-3-10(11)12/h1-6,9,15-16H,7-8H2. The smallest absolute Gasteiger partial charge is 0.127 e. The third-order valence-electron chi connectivity index (χ3n) is 2.47. The molecule has 2 aromatic carbocycles. The molecule has 0 spiro atoms. The van der Waals surface area contributed by atoms with Gasteiger partial charge in [0, 0.05) is 15.8 Å². The summed E-state index contributed by atoms with van der Waals surface area (Å²) in [7, 11) is 0. The Hall–Kier alpha value is -1.29. The van der Waals surface area contributed by atoms with Gasteiger partial charge in [0.1, 0.15) is 18.5 Å². The first-order valence-electron chi connectivity index (χ1n) is 5.31. The fourth-order valence-corrected chi connectivity index (χ4v) is 1.83. The van der Waals surface area contributed by atoms with Crippen LogP contribution in [0, 0.1) is 0 Å². The molecule has 0 aromatic heterocycles. The Bertz CT molecular complexity index is 513. The Labute approximate surface area is 104 Å². The van der Waals surface area contributed by atoms with Gasteiger partial charge in [0.2, 0.25) is 0 Å². The van der Waals surface area contributed by atoms with Crippen molar-refractivity contribution in [1.82, 2.24) is 0 Å². The molecule has 0 amide bonds. The quantitative estimate of drug-likeness (QED) is 0.877. The lowest BCUT2D eigenvalue weighted by atomic mass is 10.1. The van der Waals surface area contributed by atoms with Crippen LogP contribution in [0.15, 0.2) is 36.4 Å². The minimum absolute atomic E-state index is 0.0577. The van der Waals surface area contributed by atoms with Crippen molar-refractivity contribution < 1.29 is 14.9 Å². The van der Waals surface area contributed by atoms with E-state index in [0.717, 1.165) is 10.8 Å². The average molecular weight is 253 g/mol. The summed E-state index contributed by atoms with van der Waals surface area (Å²) in [6.45, 7) is -0.256. The van der Waals surface area contributed by atoms with E-state index in [1.54, 1.807) is 12.1 Å². The van der Waals surface area contributed by atoms with E-state index in [2.05, 4.69) is 0 Å². The molecule has 1 unspecified atom stereocenters. The van der Waals surface area contributed by atoms with Crippen LogP contribution in [0.3, 0.4) is 0 Å². The largest absolute Gasteiger partial charge is 0.490 e. The molecule has 2 rings (SSSR count). The van der Waals surface area contributed by atoms with E-state index < -0.39 is 6.10 Å². The highest BCUT2D eigenvalue weighted by molar-refractivity contribution is 6.35. The van der Waals surface area contributed by atoms with Crippen molar-refractivity contribution in [3.63, 3.8) is 0 Å². The van der Waals surface area contributed by atoms with E-state index in [9.17, 15) is 5.11 Å². The van der Waals surface area contributed by atoms with Gasteiger partial charge in [-0.1, -0.05) is 35.9 Å². The van der Waals surface area contributed by atoms with E-state index in [4.69, 9.17) is 21.4 Å². The first-order chi connectivity index (χ1) is 8.22. The number of aliphatic hydroxyl groups excluding tert-OH is 2. The molecule has 4 heteroatoms. The van der Waals surface area contributed by atoms with E-state index in [1.807, 2.05) is 24.3 Å². The van der Waals surface area contributed by atoms with Crippen molar-refractivity contribution in [3.8, 4) is 5.75 Å². The van der Waals surface area contributed by atoms with E-state index in [0.29, 0.717) is 10.8 Å². The zero-order chi connectivity index (χ0) is 12.3. The predicted octanol–water partition coefficient (Wildman–Crippen LogP) is 2.23. The maximum absolute atomic E-state index is 9.24. The number of rotatable bonds is 4. The molecule has 0 saturated carbocycles. The van der Waals surface area contributed by atoms with Crippen LogP contribution in [0.2, 0.25) is 5.02 Å². The Morgan fingerprint density at radius 3 is 2.53 bits per heavy atom. The lowest BCUT2D eigenvalue weighted by molar-refractivity contribution is 0.0541. The van der Waals surface area contributed by atoms with Gasteiger partial charge in [-0.25, -0.2) is 0 Å². The number of benzene rings is 2. The van der Waals surface area contributed by atoms with E-state index in [-0.39, 0.29) is 13.2 Å². The number of fused-ring (bicyclic) bond motifs is 1. The fourth-order valence-electron chi connectivity index (χ4n) is 1.60. The van der Waals surface area contributed by atoms with Crippen LogP contribution in [0.4, 0.5) is 0 Å². The molecule has 0 aliphatic rings. The second-order valence-electron chi connectivity index (χ2n) is 3.74. The topological polar surface area (TPSA) is 49.7 Å². The number of hydrogen-bond acceptors (Lipinski definition) is 3. The second kappa shape index (κ2) is 5.36. The number of halogens is 1. The molecular weight excluding hydrogens is 240 g/mol. The van der Waals surface area contributed by atoms with Crippen LogP contribution in [0.25, 0.3) is 10.8 Å². The highest BCUT2D eigenvalue weighted by atomic mass is 35.5. The molecule has 2 N–H and O–H groups in total. The van der Waals surface area contributed by atoms with Crippen molar-refractivity contribution in [2.24, 2.45) is 0 Å². The van der Waals surface area contributed by atoms with Gasteiger partial charge >= 0.3 is 0 Å². The molecule has 0 radical (unpaired) electrons. The minimum atomic E-state index is -0.871. The Kier molecular flexibility index (Phi) is 3.84. The van der Waals surface area contributed by atoms with E-state index in [1.165, 1.54) is 0 Å². The third kappa shape index (κ3) is 2.69. The van der Waals surface area contributed by atoms with Gasteiger partial charge in [-0.15, -0.1) is 0 Å². The van der Waals surface area contributed by atoms with Crippen LogP contribution in [-0.4, -0.2) is 29.5 Å². The molecular formula is C13H13ClO3. The first kappa shape index (κ1) is 12.2. The average Bonchev–Trinajstić information content (AvgIpc) is 2.38. The van der Waals surface area contributed by atoms with Crippen LogP contribution in [0.5, 0.6) is 5.75 Å². The molecule has 3 nitrogen and oxygen atoms in total. The molecule has 0 aliphatic heterocycles. The summed E-state index contributed by atoms with van der Waals surface area (Å²) in [5, 5.41) is 20.4. The Morgan fingerprint density at radius 1 is 1.12 bits per heavy atom. The highest BCUT2D eigenvalue weighted by Crippen LogP contribution is 2.31. The number of hydrogen-bond donors (Lipinski definition) is 2. The molecule has 0 bridgehead atoms. The maximum atomic E-state index is 9.24. The summed E-state index contributed by atoms with van der Waals surface area (Å²) >= 11 is 6.07. The molecule has 0 aliphatic carbocycles. The van der Waals surface area contributed by atoms with Crippen molar-refractivity contribution >= 4 is 22.4 Å². The van der Waals surface area contributed by atoms with Gasteiger partial charge in [-0.05, 0) is 12.1 Å². The Balaban J connectivity index is 2.32. The predicted molar refractivity (Wildman–Crippen MR) is 67.5 cm³/mol. The van der Waals surface area contributed by atoms with Gasteiger partial charge in [0.15, 0.2) is 0 Å². The SMILES string of the molecule is OCC(O)COc1ccc(Cl)c2ccccc12. The molecule has 90 valence electrons. The zero-order valence-corrected chi connectivity index (χ0v) is 9.89. The van der Waals surface area contributed by atoms with Crippen LogP contribution in [0.1, 0.15) is 0 Å². The Morgan fingerprint density at radius 2 is 1.82 bits per heavy atom. The van der Waals surface area contributed by atoms with Gasteiger partial charge in [-0.3, -0.25) is 0 Å². The monoisotopic (exact) mass is 252 g/mol. The lowest BCUT2D eigenvalue weighted by Crippen LogP contribution is -2.21. The number of aliphatic hydroxyl groups is 2. The van der Waals surface area contributed by atoms with Crippen molar-refractivity contribution in [1.29, 1.82) is 0 Å². The molecule has 0 saturated heterocycles. The lowest BCUT2D eigenvalue weighted by Gasteiger charge is -2.12. The van der Waals surface area contributed by atoms with Gasteiger partial charge in [-0.2, -0.15) is 0 Å². The first-order valence-corrected chi connectivity index (χ1v) is 5.69. The summed E-state index contributed by atoms with van der Waals surface area (Å²) in [5.41, 5.74) is 0. The third-order valence-corrected chi connectivity index (χ3v) is 2.80. The van der Waals surface area contributed by atoms with E-state index >= 15 is 0 Å². The van der Waals surface area contributed by atoms with Gasteiger partial charge in [0.05, 0.1) is 6.61 Å². The molecule has 2 aromatic rings. The normalized spacial score (nSPS) is 12.6. The summed E-state index contributed by atoms with van der Waals surface area (Å²) in [5.74, 6) is 0.650. The molecule has 1 atom stereocenters. The fraction of sp³-hybridized carbons (Fsp3) is 0.231. The van der Waals surface area contributed by atoms with Crippen LogP contribution in [-0.2, 0) is 0 Å². The summed E-state index contributed by atoms with van der Waals surface area (Å²) < 4.78 is 5.46.